The number of rotatable bonds is 4. The minimum atomic E-state index is -0.374. The van der Waals surface area contributed by atoms with Gasteiger partial charge in [-0.2, -0.15) is 5.26 Å². The fourth-order valence-corrected chi connectivity index (χ4v) is 1.59. The first kappa shape index (κ1) is 13.2. The predicted octanol–water partition coefficient (Wildman–Crippen LogP) is 1.77. The number of nitrogens with one attached hydrogen (secondary N) is 1. The fourth-order valence-electron chi connectivity index (χ4n) is 1.59. The zero-order valence-electron chi connectivity index (χ0n) is 10.2. The third-order valence-electron chi connectivity index (χ3n) is 2.57. The highest BCUT2D eigenvalue weighted by molar-refractivity contribution is 5.75. The van der Waals surface area contributed by atoms with Crippen molar-refractivity contribution in [2.24, 2.45) is 0 Å². The van der Waals surface area contributed by atoms with E-state index in [2.05, 4.69) is 16.1 Å². The Morgan fingerprint density at radius 1 is 1.47 bits per heavy atom. The Kier molecular flexibility index (Phi) is 4.68. The Morgan fingerprint density at radius 3 is 2.76 bits per heavy atom. The van der Waals surface area contributed by atoms with E-state index in [9.17, 15) is 4.79 Å². The van der Waals surface area contributed by atoms with Crippen LogP contribution < -0.4 is 5.32 Å². The molecule has 4 nitrogen and oxygen atoms in total. The molecule has 2 atom stereocenters. The van der Waals surface area contributed by atoms with E-state index in [-0.39, 0.29) is 18.1 Å². The lowest BCUT2D eigenvalue weighted by Gasteiger charge is -2.18. The summed E-state index contributed by atoms with van der Waals surface area (Å²) in [5.41, 5.74) is 1.58. The van der Waals surface area contributed by atoms with Gasteiger partial charge in [0.15, 0.2) is 0 Å². The lowest BCUT2D eigenvalue weighted by molar-refractivity contribution is -0.142. The maximum atomic E-state index is 11.3. The number of hydrogen-bond acceptors (Lipinski definition) is 4. The molecule has 0 aliphatic heterocycles. The number of nitrogens with zero attached hydrogens (tertiary/aromatic N) is 1. The molecule has 1 rings (SSSR count). The number of hydrogen-bond donors (Lipinski definition) is 1. The molecular weight excluding hydrogens is 216 g/mol. The predicted molar refractivity (Wildman–Crippen MR) is 64.2 cm³/mol. The van der Waals surface area contributed by atoms with Gasteiger partial charge in [0.05, 0.1) is 18.7 Å². The van der Waals surface area contributed by atoms with Crippen molar-refractivity contribution in [1.29, 1.82) is 5.26 Å². The Hall–Kier alpha value is -1.86. The number of esters is 1. The van der Waals surface area contributed by atoms with E-state index in [4.69, 9.17) is 5.26 Å². The molecule has 90 valence electrons. The van der Waals surface area contributed by atoms with Gasteiger partial charge in [-0.05, 0) is 31.5 Å². The fraction of sp³-hybridized carbons (Fsp3) is 0.385. The average Bonchev–Trinajstić information content (AvgIpc) is 2.37. The highest BCUT2D eigenvalue weighted by Crippen LogP contribution is 2.14. The molecule has 1 N–H and O–H groups in total. The highest BCUT2D eigenvalue weighted by atomic mass is 16.5. The van der Waals surface area contributed by atoms with Crippen LogP contribution in [0.2, 0.25) is 0 Å². The Morgan fingerprint density at radius 2 is 2.18 bits per heavy atom. The van der Waals surface area contributed by atoms with Gasteiger partial charge in [-0.1, -0.05) is 12.1 Å². The normalized spacial score (nSPS) is 13.5. The molecule has 0 saturated carbocycles. The molecule has 0 spiro atoms. The lowest BCUT2D eigenvalue weighted by atomic mass is 10.1. The molecule has 0 amide bonds. The zero-order valence-corrected chi connectivity index (χ0v) is 10.2. The van der Waals surface area contributed by atoms with Gasteiger partial charge >= 0.3 is 5.97 Å². The summed E-state index contributed by atoms with van der Waals surface area (Å²) >= 11 is 0. The molecule has 0 fully saturated rings. The van der Waals surface area contributed by atoms with Gasteiger partial charge in [0.1, 0.15) is 6.04 Å². The van der Waals surface area contributed by atoms with Crippen molar-refractivity contribution in [2.75, 3.05) is 7.11 Å². The van der Waals surface area contributed by atoms with Crippen molar-refractivity contribution in [2.45, 2.75) is 25.9 Å². The molecule has 17 heavy (non-hydrogen) atoms. The molecule has 4 heteroatoms. The van der Waals surface area contributed by atoms with E-state index >= 15 is 0 Å². The Labute approximate surface area is 101 Å². The van der Waals surface area contributed by atoms with Crippen molar-refractivity contribution in [3.63, 3.8) is 0 Å². The van der Waals surface area contributed by atoms with Crippen LogP contribution in [0.4, 0.5) is 0 Å². The Balaban J connectivity index is 2.73. The van der Waals surface area contributed by atoms with Crippen LogP contribution in [0.5, 0.6) is 0 Å². The molecule has 0 aromatic heterocycles. The highest BCUT2D eigenvalue weighted by Gasteiger charge is 2.16. The third-order valence-corrected chi connectivity index (χ3v) is 2.57. The van der Waals surface area contributed by atoms with Crippen molar-refractivity contribution < 1.29 is 9.53 Å². The smallest absolute Gasteiger partial charge is 0.322 e. The van der Waals surface area contributed by atoms with E-state index in [0.717, 1.165) is 5.56 Å². The number of carbonyl (C=O) groups excluding carboxylic acids is 1. The van der Waals surface area contributed by atoms with E-state index in [1.165, 1.54) is 7.11 Å². The minimum Gasteiger partial charge on any atom is -0.468 e. The van der Waals surface area contributed by atoms with Crippen molar-refractivity contribution in [3.05, 3.63) is 35.4 Å². The van der Waals surface area contributed by atoms with Gasteiger partial charge in [0.2, 0.25) is 0 Å². The van der Waals surface area contributed by atoms with E-state index in [1.54, 1.807) is 13.0 Å². The molecule has 1 aromatic carbocycles. The van der Waals surface area contributed by atoms with Gasteiger partial charge in [-0.15, -0.1) is 0 Å². The number of carbonyl (C=O) groups is 1. The quantitative estimate of drug-likeness (QED) is 0.804. The van der Waals surface area contributed by atoms with Crippen LogP contribution in [0.15, 0.2) is 24.3 Å². The summed E-state index contributed by atoms with van der Waals surface area (Å²) in [7, 11) is 1.36. The van der Waals surface area contributed by atoms with Crippen molar-refractivity contribution in [3.8, 4) is 6.07 Å². The molecule has 0 saturated heterocycles. The van der Waals surface area contributed by atoms with Gasteiger partial charge in [-0.25, -0.2) is 0 Å². The summed E-state index contributed by atoms with van der Waals surface area (Å²) in [6.45, 7) is 3.69. The standard InChI is InChI=1S/C13H16N2O2/c1-9(15-10(2)13(16)17-3)12-6-4-5-11(7-12)8-14/h4-7,9-10,15H,1-3H3/t9?,10-/m0/s1. The Bertz CT molecular complexity index is 437. The topological polar surface area (TPSA) is 62.1 Å². The summed E-state index contributed by atoms with van der Waals surface area (Å²) in [6.07, 6.45) is 0. The number of methoxy groups -OCH3 is 1. The second-order valence-corrected chi connectivity index (χ2v) is 3.87. The first-order chi connectivity index (χ1) is 8.08. The second kappa shape index (κ2) is 6.02. The zero-order chi connectivity index (χ0) is 12.8. The van der Waals surface area contributed by atoms with Crippen LogP contribution in [-0.2, 0) is 9.53 Å². The molecule has 0 heterocycles. The second-order valence-electron chi connectivity index (χ2n) is 3.87. The number of nitriles is 1. The van der Waals surface area contributed by atoms with Gasteiger partial charge in [-0.3, -0.25) is 10.1 Å². The van der Waals surface area contributed by atoms with E-state index < -0.39 is 0 Å². The van der Waals surface area contributed by atoms with Crippen LogP contribution in [0.25, 0.3) is 0 Å². The van der Waals surface area contributed by atoms with Crippen LogP contribution in [0.3, 0.4) is 0 Å². The number of ether oxygens (including phenoxy) is 1. The largest absolute Gasteiger partial charge is 0.468 e. The maximum Gasteiger partial charge on any atom is 0.322 e. The third kappa shape index (κ3) is 3.58. The SMILES string of the molecule is COC(=O)[C@H](C)NC(C)c1cccc(C#N)c1. The van der Waals surface area contributed by atoms with Crippen LogP contribution >= 0.6 is 0 Å². The molecule has 1 unspecified atom stereocenters. The molecule has 1 aromatic rings. The van der Waals surface area contributed by atoms with E-state index in [0.29, 0.717) is 5.56 Å². The molecular formula is C13H16N2O2. The summed E-state index contributed by atoms with van der Waals surface area (Å²) in [5.74, 6) is -0.298. The van der Waals surface area contributed by atoms with Gasteiger partial charge in [0, 0.05) is 6.04 Å². The molecule has 0 bridgehead atoms. The van der Waals surface area contributed by atoms with Crippen LogP contribution in [0.1, 0.15) is 31.0 Å². The summed E-state index contributed by atoms with van der Waals surface area (Å²) < 4.78 is 4.64. The maximum absolute atomic E-state index is 11.3. The first-order valence-electron chi connectivity index (χ1n) is 5.42. The minimum absolute atomic E-state index is 0.0163. The van der Waals surface area contributed by atoms with E-state index in [1.807, 2.05) is 25.1 Å². The first-order valence-corrected chi connectivity index (χ1v) is 5.42. The van der Waals surface area contributed by atoms with Gasteiger partial charge < -0.3 is 4.74 Å². The van der Waals surface area contributed by atoms with Crippen LogP contribution in [-0.4, -0.2) is 19.1 Å². The average molecular weight is 232 g/mol. The molecule has 0 aliphatic rings. The van der Waals surface area contributed by atoms with Crippen molar-refractivity contribution >= 4 is 5.97 Å². The lowest BCUT2D eigenvalue weighted by Crippen LogP contribution is -2.36. The molecule has 0 aliphatic carbocycles. The summed E-state index contributed by atoms with van der Waals surface area (Å²) in [4.78, 5) is 11.3. The summed E-state index contributed by atoms with van der Waals surface area (Å²) in [6, 6.07) is 9.00. The summed E-state index contributed by atoms with van der Waals surface area (Å²) in [5, 5.41) is 11.9. The number of benzene rings is 1. The van der Waals surface area contributed by atoms with Gasteiger partial charge in [0.25, 0.3) is 0 Å². The molecule has 0 radical (unpaired) electrons. The van der Waals surface area contributed by atoms with Crippen molar-refractivity contribution in [1.82, 2.24) is 5.32 Å². The van der Waals surface area contributed by atoms with Crippen LogP contribution in [0, 0.1) is 11.3 Å². The monoisotopic (exact) mass is 232 g/mol.